The molecule has 4 aromatic rings. The summed E-state index contributed by atoms with van der Waals surface area (Å²) in [6.07, 6.45) is 2.70. The van der Waals surface area contributed by atoms with E-state index in [0.717, 1.165) is 45.1 Å². The van der Waals surface area contributed by atoms with Crippen molar-refractivity contribution in [3.05, 3.63) is 56.4 Å². The maximum absolute atomic E-state index is 12.3. The number of para-hydroxylation sites is 1. The number of nitrogens with one attached hydrogen (secondary N) is 1. The highest BCUT2D eigenvalue weighted by atomic mass is 32.2. The van der Waals surface area contributed by atoms with Crippen molar-refractivity contribution in [1.82, 2.24) is 24.8 Å². The summed E-state index contributed by atoms with van der Waals surface area (Å²) < 4.78 is 2.21. The fraction of sp³-hybridized carbons (Fsp3) is 0.350. The van der Waals surface area contributed by atoms with Gasteiger partial charge in [0.1, 0.15) is 5.01 Å². The molecule has 0 saturated carbocycles. The van der Waals surface area contributed by atoms with Gasteiger partial charge in [0.2, 0.25) is 10.1 Å². The van der Waals surface area contributed by atoms with E-state index in [1.165, 1.54) is 50.1 Å². The smallest absolute Gasteiger partial charge is 0.275 e. The first-order valence-electron chi connectivity index (χ1n) is 9.84. The molecule has 3 aromatic heterocycles. The van der Waals surface area contributed by atoms with Crippen molar-refractivity contribution >= 4 is 50.2 Å². The Morgan fingerprint density at radius 3 is 2.53 bits per heavy atom. The monoisotopic (exact) mass is 458 g/mol. The minimum atomic E-state index is -0.144. The standard InChI is InChI=1S/C20H22N6OS3/c1-4-12-8-7-9-13(5-2)17(12)22-18-23-24-20(30-18)28-11-14-10-16(27)26-19(21-14)29-15(6-3)25-26/h7-10H,4-6,11H2,1-3H3,(H,22,23). The fourth-order valence-electron chi connectivity index (χ4n) is 3.08. The lowest BCUT2D eigenvalue weighted by Crippen LogP contribution is -2.15. The molecule has 0 atom stereocenters. The highest BCUT2D eigenvalue weighted by Gasteiger charge is 2.12. The molecule has 30 heavy (non-hydrogen) atoms. The fourth-order valence-corrected chi connectivity index (χ4v) is 5.58. The van der Waals surface area contributed by atoms with Crippen LogP contribution in [0.5, 0.6) is 0 Å². The number of hydrogen-bond acceptors (Lipinski definition) is 9. The Hall–Kier alpha value is -2.30. The van der Waals surface area contributed by atoms with E-state index in [-0.39, 0.29) is 5.56 Å². The van der Waals surface area contributed by atoms with Gasteiger partial charge in [-0.05, 0) is 30.4 Å². The van der Waals surface area contributed by atoms with Crippen LogP contribution in [-0.2, 0) is 25.0 Å². The summed E-state index contributed by atoms with van der Waals surface area (Å²) in [5.74, 6) is 0.561. The zero-order chi connectivity index (χ0) is 21.1. The Morgan fingerprint density at radius 1 is 1.07 bits per heavy atom. The lowest BCUT2D eigenvalue weighted by molar-refractivity contribution is 0.852. The van der Waals surface area contributed by atoms with Crippen molar-refractivity contribution in [1.29, 1.82) is 0 Å². The number of rotatable bonds is 8. The quantitative estimate of drug-likeness (QED) is 0.382. The van der Waals surface area contributed by atoms with Crippen LogP contribution in [-0.4, -0.2) is 24.8 Å². The van der Waals surface area contributed by atoms with Crippen LogP contribution in [0.4, 0.5) is 10.8 Å². The van der Waals surface area contributed by atoms with Crippen LogP contribution in [0.25, 0.3) is 4.96 Å². The van der Waals surface area contributed by atoms with Crippen molar-refractivity contribution in [2.75, 3.05) is 5.32 Å². The second-order valence-electron chi connectivity index (χ2n) is 6.57. The molecule has 156 valence electrons. The molecule has 0 aliphatic rings. The molecule has 0 amide bonds. The summed E-state index contributed by atoms with van der Waals surface area (Å²) >= 11 is 4.50. The van der Waals surface area contributed by atoms with E-state index >= 15 is 0 Å². The Bertz CT molecular complexity index is 1210. The number of hydrogen-bond donors (Lipinski definition) is 1. The lowest BCUT2D eigenvalue weighted by atomic mass is 10.0. The molecule has 0 radical (unpaired) electrons. The van der Waals surface area contributed by atoms with Crippen LogP contribution in [0.3, 0.4) is 0 Å². The molecule has 0 bridgehead atoms. The van der Waals surface area contributed by atoms with Crippen molar-refractivity contribution in [2.24, 2.45) is 0 Å². The van der Waals surface area contributed by atoms with Gasteiger partial charge in [0.15, 0.2) is 4.34 Å². The third-order valence-electron chi connectivity index (χ3n) is 4.62. The molecule has 3 heterocycles. The molecule has 0 saturated heterocycles. The third kappa shape index (κ3) is 4.40. The molecule has 0 unspecified atom stereocenters. The van der Waals surface area contributed by atoms with Gasteiger partial charge in [-0.3, -0.25) is 4.79 Å². The number of fused-ring (bicyclic) bond motifs is 1. The average molecular weight is 459 g/mol. The van der Waals surface area contributed by atoms with E-state index in [1.54, 1.807) is 6.07 Å². The zero-order valence-electron chi connectivity index (χ0n) is 17.0. The molecular weight excluding hydrogens is 436 g/mol. The van der Waals surface area contributed by atoms with E-state index in [2.05, 4.69) is 57.6 Å². The molecule has 0 spiro atoms. The zero-order valence-corrected chi connectivity index (χ0v) is 19.5. The number of thioether (sulfide) groups is 1. The predicted molar refractivity (Wildman–Crippen MR) is 124 cm³/mol. The predicted octanol–water partition coefficient (Wildman–Crippen LogP) is 4.73. The summed E-state index contributed by atoms with van der Waals surface area (Å²) in [5.41, 5.74) is 4.26. The van der Waals surface area contributed by atoms with Crippen molar-refractivity contribution in [2.45, 2.75) is 50.1 Å². The summed E-state index contributed by atoms with van der Waals surface area (Å²) in [7, 11) is 0. The Morgan fingerprint density at radius 2 is 1.83 bits per heavy atom. The van der Waals surface area contributed by atoms with Crippen LogP contribution in [0.1, 0.15) is 42.6 Å². The Kier molecular flexibility index (Phi) is 6.45. The Labute approximate surface area is 186 Å². The van der Waals surface area contributed by atoms with Crippen molar-refractivity contribution in [3.63, 3.8) is 0 Å². The summed E-state index contributed by atoms with van der Waals surface area (Å²) in [6.45, 7) is 6.32. The number of benzene rings is 1. The molecule has 4 rings (SSSR count). The van der Waals surface area contributed by atoms with Gasteiger partial charge in [0.25, 0.3) is 5.56 Å². The molecule has 10 heteroatoms. The van der Waals surface area contributed by atoms with Crippen LogP contribution in [0.15, 0.2) is 33.4 Å². The maximum Gasteiger partial charge on any atom is 0.275 e. The number of aromatic nitrogens is 5. The van der Waals surface area contributed by atoms with Crippen LogP contribution >= 0.6 is 34.4 Å². The number of anilines is 2. The second kappa shape index (κ2) is 9.23. The first kappa shape index (κ1) is 21.0. The average Bonchev–Trinajstić information content (AvgIpc) is 3.39. The van der Waals surface area contributed by atoms with E-state index < -0.39 is 0 Å². The molecule has 1 N–H and O–H groups in total. The van der Waals surface area contributed by atoms with E-state index in [0.29, 0.717) is 10.7 Å². The van der Waals surface area contributed by atoms with Gasteiger partial charge in [-0.25, -0.2) is 4.98 Å². The van der Waals surface area contributed by atoms with Crippen molar-refractivity contribution in [3.8, 4) is 0 Å². The van der Waals surface area contributed by atoms with Crippen molar-refractivity contribution < 1.29 is 0 Å². The molecular formula is C20H22N6OS3. The van der Waals surface area contributed by atoms with Gasteiger partial charge >= 0.3 is 0 Å². The summed E-state index contributed by atoms with van der Waals surface area (Å²) in [5, 5.41) is 18.0. The van der Waals surface area contributed by atoms with Crippen LogP contribution in [0, 0.1) is 0 Å². The topological polar surface area (TPSA) is 85.1 Å². The van der Waals surface area contributed by atoms with Gasteiger partial charge in [0.05, 0.1) is 5.69 Å². The SMILES string of the molecule is CCc1nn2c(=O)cc(CSc3nnc(Nc4c(CC)cccc4CC)s3)nc2s1. The van der Waals surface area contributed by atoms with Gasteiger partial charge in [-0.15, -0.1) is 10.2 Å². The maximum atomic E-state index is 12.3. The van der Waals surface area contributed by atoms with Gasteiger partial charge in [-0.2, -0.15) is 9.61 Å². The molecule has 7 nitrogen and oxygen atoms in total. The van der Waals surface area contributed by atoms with Gasteiger partial charge < -0.3 is 5.32 Å². The normalized spacial score (nSPS) is 11.3. The molecule has 0 aliphatic carbocycles. The summed E-state index contributed by atoms with van der Waals surface area (Å²) in [6, 6.07) is 7.93. The molecule has 1 aromatic carbocycles. The van der Waals surface area contributed by atoms with E-state index in [4.69, 9.17) is 0 Å². The van der Waals surface area contributed by atoms with E-state index in [9.17, 15) is 4.79 Å². The molecule has 0 aliphatic heterocycles. The Balaban J connectivity index is 1.48. The first-order valence-corrected chi connectivity index (χ1v) is 12.5. The van der Waals surface area contributed by atoms with E-state index in [1.807, 2.05) is 6.92 Å². The molecule has 0 fully saturated rings. The minimum absolute atomic E-state index is 0.144. The van der Waals surface area contributed by atoms with Crippen LogP contribution in [0.2, 0.25) is 0 Å². The lowest BCUT2D eigenvalue weighted by Gasteiger charge is -2.13. The van der Waals surface area contributed by atoms with Gasteiger partial charge in [0, 0.05) is 17.5 Å². The summed E-state index contributed by atoms with van der Waals surface area (Å²) in [4.78, 5) is 17.5. The third-order valence-corrected chi connectivity index (χ3v) is 7.68. The highest BCUT2D eigenvalue weighted by molar-refractivity contribution is 8.00. The minimum Gasteiger partial charge on any atom is -0.330 e. The number of nitrogens with zero attached hydrogens (tertiary/aromatic N) is 5. The second-order valence-corrected chi connectivity index (χ2v) is 9.82. The van der Waals surface area contributed by atoms with Crippen LogP contribution < -0.4 is 10.9 Å². The highest BCUT2D eigenvalue weighted by Crippen LogP contribution is 2.32. The number of aryl methyl sites for hydroxylation is 3. The first-order chi connectivity index (χ1) is 14.6. The largest absolute Gasteiger partial charge is 0.330 e. The van der Waals surface area contributed by atoms with Gasteiger partial charge in [-0.1, -0.05) is 73.4 Å².